The zero-order valence-electron chi connectivity index (χ0n) is 17.6. The minimum atomic E-state index is -5.70. The molecule has 3 rings (SSSR count). The highest BCUT2D eigenvalue weighted by Crippen LogP contribution is 2.71. The van der Waals surface area contributed by atoms with Crippen molar-refractivity contribution in [1.29, 1.82) is 0 Å². The topological polar surface area (TPSA) is 189 Å². The van der Waals surface area contributed by atoms with Gasteiger partial charge in [0.05, 0.1) is 5.52 Å². The van der Waals surface area contributed by atoms with Crippen molar-refractivity contribution < 1.29 is 38.2 Å². The summed E-state index contributed by atoms with van der Waals surface area (Å²) in [6.07, 6.45) is 1.72. The van der Waals surface area contributed by atoms with E-state index in [1.165, 1.54) is 6.20 Å². The standard InChI is InChI=1S/C19H26N2O9P2/c1-11-8-14-16(9-12(11)2)21(13-4-5-13)10-15(17(14)22)18(23)30-19(6-3-7-20,31(24,25)26)32(27,28)29/h8-10,13H,3-7,20H2,1-2H3,(H2,24,25,26)(H2,27,28,29). The van der Waals surface area contributed by atoms with Crippen molar-refractivity contribution in [2.24, 2.45) is 5.73 Å². The molecule has 176 valence electrons. The molecule has 1 fully saturated rings. The lowest BCUT2D eigenvalue weighted by Gasteiger charge is -2.33. The van der Waals surface area contributed by atoms with Crippen LogP contribution < -0.4 is 11.2 Å². The Labute approximate surface area is 183 Å². The summed E-state index contributed by atoms with van der Waals surface area (Å²) >= 11 is 0. The highest BCUT2D eigenvalue weighted by molar-refractivity contribution is 7.72. The van der Waals surface area contributed by atoms with Crippen LogP contribution in [0.5, 0.6) is 0 Å². The Morgan fingerprint density at radius 3 is 2.22 bits per heavy atom. The lowest BCUT2D eigenvalue weighted by molar-refractivity contribution is 0.0211. The predicted molar refractivity (Wildman–Crippen MR) is 116 cm³/mol. The highest BCUT2D eigenvalue weighted by Gasteiger charge is 2.63. The summed E-state index contributed by atoms with van der Waals surface area (Å²) in [6, 6.07) is 3.45. The van der Waals surface area contributed by atoms with Crippen LogP contribution in [-0.4, -0.2) is 41.7 Å². The van der Waals surface area contributed by atoms with E-state index < -0.39 is 43.7 Å². The van der Waals surface area contributed by atoms with Gasteiger partial charge in [-0.1, -0.05) is 0 Å². The number of hydrogen-bond acceptors (Lipinski definition) is 6. The van der Waals surface area contributed by atoms with Crippen molar-refractivity contribution in [2.45, 2.75) is 50.7 Å². The third kappa shape index (κ3) is 4.34. The number of esters is 1. The molecule has 0 bridgehead atoms. The Morgan fingerprint density at radius 1 is 1.16 bits per heavy atom. The van der Waals surface area contributed by atoms with E-state index in [4.69, 9.17) is 10.5 Å². The first-order valence-corrected chi connectivity index (χ1v) is 13.2. The molecule has 0 atom stereocenters. The Bertz CT molecular complexity index is 1200. The Balaban J connectivity index is 2.19. The van der Waals surface area contributed by atoms with Gasteiger partial charge >= 0.3 is 26.2 Å². The first-order chi connectivity index (χ1) is 14.7. The summed E-state index contributed by atoms with van der Waals surface area (Å²) in [5.74, 6) is -1.52. The van der Waals surface area contributed by atoms with E-state index in [0.717, 1.165) is 24.0 Å². The molecule has 2 aromatic rings. The minimum Gasteiger partial charge on any atom is -0.429 e. The van der Waals surface area contributed by atoms with Gasteiger partial charge in [-0.3, -0.25) is 13.9 Å². The summed E-state index contributed by atoms with van der Waals surface area (Å²) in [4.78, 5) is 65.1. The van der Waals surface area contributed by atoms with Crippen LogP contribution in [0.15, 0.2) is 23.1 Å². The van der Waals surface area contributed by atoms with Crippen LogP contribution in [0.25, 0.3) is 10.9 Å². The third-order valence-corrected chi connectivity index (χ3v) is 9.69. The molecule has 13 heteroatoms. The number of carbonyl (C=O) groups excluding carboxylic acids is 1. The van der Waals surface area contributed by atoms with Gasteiger partial charge in [-0.15, -0.1) is 0 Å². The highest BCUT2D eigenvalue weighted by atomic mass is 31.2. The number of pyridine rings is 1. The van der Waals surface area contributed by atoms with Crippen LogP contribution in [0.4, 0.5) is 0 Å². The maximum atomic E-state index is 13.1. The molecular weight excluding hydrogens is 462 g/mol. The predicted octanol–water partition coefficient (Wildman–Crippen LogP) is 1.86. The molecule has 0 radical (unpaired) electrons. The van der Waals surface area contributed by atoms with Crippen molar-refractivity contribution in [3.63, 3.8) is 0 Å². The number of aryl methyl sites for hydroxylation is 2. The van der Waals surface area contributed by atoms with Gasteiger partial charge in [0.15, 0.2) is 0 Å². The number of carbonyl (C=O) groups is 1. The molecule has 1 aliphatic rings. The molecule has 0 spiro atoms. The van der Waals surface area contributed by atoms with Crippen molar-refractivity contribution in [3.8, 4) is 0 Å². The second kappa shape index (κ2) is 8.50. The number of aromatic nitrogens is 1. The maximum absolute atomic E-state index is 13.1. The first kappa shape index (κ1) is 24.8. The van der Waals surface area contributed by atoms with Crippen LogP contribution in [0.1, 0.15) is 53.2 Å². The molecule has 6 N–H and O–H groups in total. The number of benzene rings is 1. The first-order valence-electron chi connectivity index (χ1n) is 9.94. The van der Waals surface area contributed by atoms with Crippen molar-refractivity contribution in [1.82, 2.24) is 4.57 Å². The number of nitrogens with zero attached hydrogens (tertiary/aromatic N) is 1. The van der Waals surface area contributed by atoms with Crippen molar-refractivity contribution in [2.75, 3.05) is 6.54 Å². The molecule has 32 heavy (non-hydrogen) atoms. The van der Waals surface area contributed by atoms with Gasteiger partial charge in [0.1, 0.15) is 5.56 Å². The fourth-order valence-corrected chi connectivity index (χ4v) is 6.24. The second-order valence-electron chi connectivity index (χ2n) is 8.08. The Kier molecular flexibility index (Phi) is 6.59. The van der Waals surface area contributed by atoms with E-state index in [1.54, 1.807) is 17.6 Å². The summed E-state index contributed by atoms with van der Waals surface area (Å²) < 4.78 is 30.9. The third-order valence-electron chi connectivity index (χ3n) is 5.68. The number of hydrogen-bond donors (Lipinski definition) is 5. The SMILES string of the molecule is Cc1cc2c(=O)c(C(=O)OC(CCCN)(P(=O)(O)O)P(=O)(O)O)cn(C3CC3)c2cc1C. The average molecular weight is 488 g/mol. The van der Waals surface area contributed by atoms with Crippen LogP contribution in [-0.2, 0) is 13.9 Å². The molecule has 1 heterocycles. The molecule has 0 saturated heterocycles. The van der Waals surface area contributed by atoms with Gasteiger partial charge in [-0.05, 0) is 62.9 Å². The van der Waals surface area contributed by atoms with Crippen molar-refractivity contribution in [3.05, 3.63) is 45.2 Å². The van der Waals surface area contributed by atoms with E-state index in [2.05, 4.69) is 0 Å². The molecule has 1 aliphatic carbocycles. The van der Waals surface area contributed by atoms with Gasteiger partial charge in [0.2, 0.25) is 5.43 Å². The molecule has 1 aromatic carbocycles. The van der Waals surface area contributed by atoms with Crippen LogP contribution in [0, 0.1) is 13.8 Å². The van der Waals surface area contributed by atoms with Crippen LogP contribution in [0.2, 0.25) is 0 Å². The largest absolute Gasteiger partial charge is 0.429 e. The van der Waals surface area contributed by atoms with Crippen molar-refractivity contribution >= 4 is 32.1 Å². The van der Waals surface area contributed by atoms with Gasteiger partial charge < -0.3 is 34.6 Å². The van der Waals surface area contributed by atoms with E-state index in [0.29, 0.717) is 5.52 Å². The van der Waals surface area contributed by atoms with Gasteiger partial charge in [0.25, 0.3) is 0 Å². The summed E-state index contributed by atoms with van der Waals surface area (Å²) in [6.45, 7) is 3.51. The monoisotopic (exact) mass is 488 g/mol. The molecule has 1 aromatic heterocycles. The van der Waals surface area contributed by atoms with E-state index in [1.807, 2.05) is 13.0 Å². The summed E-state index contributed by atoms with van der Waals surface area (Å²) in [5, 5.41) is -3.24. The Hall–Kier alpha value is -1.84. The molecule has 0 unspecified atom stereocenters. The summed E-state index contributed by atoms with van der Waals surface area (Å²) in [5.41, 5.74) is 6.34. The van der Waals surface area contributed by atoms with Crippen LogP contribution in [0.3, 0.4) is 0 Å². The zero-order chi connectivity index (χ0) is 24.1. The number of ether oxygens (including phenoxy) is 1. The van der Waals surface area contributed by atoms with E-state index in [9.17, 15) is 38.3 Å². The van der Waals surface area contributed by atoms with E-state index in [-0.39, 0.29) is 24.4 Å². The normalized spacial score (nSPS) is 15.2. The van der Waals surface area contributed by atoms with E-state index >= 15 is 0 Å². The average Bonchev–Trinajstić information content (AvgIpc) is 3.50. The lowest BCUT2D eigenvalue weighted by Crippen LogP contribution is -2.37. The summed E-state index contributed by atoms with van der Waals surface area (Å²) in [7, 11) is -11.4. The molecule has 11 nitrogen and oxygen atoms in total. The molecule has 1 saturated carbocycles. The molecular formula is C19H26N2O9P2. The number of fused-ring (bicyclic) bond motifs is 1. The smallest absolute Gasteiger partial charge is 0.381 e. The Morgan fingerprint density at radius 2 is 1.72 bits per heavy atom. The zero-order valence-corrected chi connectivity index (χ0v) is 19.4. The van der Waals surface area contributed by atoms with Gasteiger partial charge in [0, 0.05) is 24.0 Å². The fraction of sp³-hybridized carbons (Fsp3) is 0.474. The number of nitrogens with two attached hydrogens (primary N) is 1. The quantitative estimate of drug-likeness (QED) is 0.271. The molecule has 0 amide bonds. The number of rotatable bonds is 8. The molecule has 0 aliphatic heterocycles. The van der Waals surface area contributed by atoms with Crippen LogP contribution >= 0.6 is 15.2 Å². The van der Waals surface area contributed by atoms with Gasteiger partial charge in [-0.25, -0.2) is 4.79 Å². The fourth-order valence-electron chi connectivity index (χ4n) is 3.58. The minimum absolute atomic E-state index is 0.0253. The second-order valence-corrected chi connectivity index (χ2v) is 12.1. The van der Waals surface area contributed by atoms with Gasteiger partial charge in [-0.2, -0.15) is 0 Å². The lowest BCUT2D eigenvalue weighted by atomic mass is 10.0. The maximum Gasteiger partial charge on any atom is 0.381 e.